The van der Waals surface area contributed by atoms with Crippen molar-refractivity contribution in [3.63, 3.8) is 0 Å². The van der Waals surface area contributed by atoms with Crippen LogP contribution in [-0.2, 0) is 14.6 Å². The van der Waals surface area contributed by atoms with Crippen LogP contribution in [0.4, 0.5) is 5.69 Å². The second kappa shape index (κ2) is 7.34. The van der Waals surface area contributed by atoms with Crippen LogP contribution in [0.15, 0.2) is 29.2 Å². The summed E-state index contributed by atoms with van der Waals surface area (Å²) in [6, 6.07) is 6.56. The highest BCUT2D eigenvalue weighted by molar-refractivity contribution is 7.91. The number of carbonyl (C=O) groups excluding carboxylic acids is 1. The van der Waals surface area contributed by atoms with E-state index in [-0.39, 0.29) is 23.7 Å². The monoisotopic (exact) mass is 338 g/mol. The van der Waals surface area contributed by atoms with Gasteiger partial charge in [-0.15, -0.1) is 0 Å². The van der Waals surface area contributed by atoms with Gasteiger partial charge in [0, 0.05) is 18.3 Å². The molecule has 2 rings (SSSR count). The first-order valence-electron chi connectivity index (χ1n) is 8.25. The van der Waals surface area contributed by atoms with Crippen LogP contribution in [0.5, 0.6) is 0 Å². The van der Waals surface area contributed by atoms with Crippen LogP contribution in [0.2, 0.25) is 0 Å². The second-order valence-electron chi connectivity index (χ2n) is 6.17. The van der Waals surface area contributed by atoms with Gasteiger partial charge in [0.25, 0.3) is 0 Å². The molecule has 128 valence electrons. The molecule has 1 aromatic carbocycles. The molecule has 1 aliphatic rings. The van der Waals surface area contributed by atoms with Crippen molar-refractivity contribution in [2.45, 2.75) is 57.0 Å². The van der Waals surface area contributed by atoms with Gasteiger partial charge in [-0.3, -0.25) is 4.79 Å². The van der Waals surface area contributed by atoms with Crippen molar-refractivity contribution in [1.82, 2.24) is 4.90 Å². The molecule has 1 amide bonds. The second-order valence-corrected chi connectivity index (χ2v) is 8.45. The van der Waals surface area contributed by atoms with Crippen molar-refractivity contribution in [3.8, 4) is 0 Å². The maximum absolute atomic E-state index is 12.6. The summed E-state index contributed by atoms with van der Waals surface area (Å²) in [5.41, 5.74) is 0.755. The molecule has 0 aromatic heterocycles. The summed E-state index contributed by atoms with van der Waals surface area (Å²) in [5.74, 6) is 0.184. The zero-order chi connectivity index (χ0) is 17.0. The zero-order valence-electron chi connectivity index (χ0n) is 14.1. The maximum Gasteiger partial charge on any atom is 0.245 e. The highest BCUT2D eigenvalue weighted by atomic mass is 32.2. The van der Waals surface area contributed by atoms with E-state index in [2.05, 4.69) is 12.2 Å². The van der Waals surface area contributed by atoms with Gasteiger partial charge < -0.3 is 10.2 Å². The number of anilines is 1. The molecule has 0 unspecified atom stereocenters. The fourth-order valence-electron chi connectivity index (χ4n) is 2.91. The third kappa shape index (κ3) is 4.25. The Morgan fingerprint density at radius 3 is 2.52 bits per heavy atom. The SMILES string of the molecule is CCS(=O)(=O)c1ccc(N[C@H](C)C(=O)N2CCCC[C@H]2C)cc1. The molecule has 2 atom stereocenters. The van der Waals surface area contributed by atoms with E-state index in [9.17, 15) is 13.2 Å². The predicted molar refractivity (Wildman–Crippen MR) is 92.3 cm³/mol. The minimum Gasteiger partial charge on any atom is -0.374 e. The molecule has 1 aliphatic heterocycles. The highest BCUT2D eigenvalue weighted by Crippen LogP contribution is 2.20. The van der Waals surface area contributed by atoms with Gasteiger partial charge in [-0.2, -0.15) is 0 Å². The van der Waals surface area contributed by atoms with Crippen LogP contribution in [0.1, 0.15) is 40.0 Å². The molecule has 0 saturated carbocycles. The lowest BCUT2D eigenvalue weighted by Crippen LogP contribution is -2.48. The Labute approximate surface area is 139 Å². The Hall–Kier alpha value is -1.56. The molecular weight excluding hydrogens is 312 g/mol. The summed E-state index contributed by atoms with van der Waals surface area (Å²) in [7, 11) is -3.19. The van der Waals surface area contributed by atoms with Crippen molar-refractivity contribution in [3.05, 3.63) is 24.3 Å². The van der Waals surface area contributed by atoms with Crippen LogP contribution < -0.4 is 5.32 Å². The van der Waals surface area contributed by atoms with Crippen molar-refractivity contribution in [1.29, 1.82) is 0 Å². The quantitative estimate of drug-likeness (QED) is 0.896. The van der Waals surface area contributed by atoms with E-state index in [1.165, 1.54) is 6.42 Å². The molecule has 1 aromatic rings. The first-order valence-corrected chi connectivity index (χ1v) is 9.90. The minimum absolute atomic E-state index is 0.0848. The number of hydrogen-bond acceptors (Lipinski definition) is 4. The van der Waals surface area contributed by atoms with E-state index in [0.717, 1.165) is 25.1 Å². The standard InChI is InChI=1S/C17H26N2O3S/c1-4-23(21,22)16-10-8-15(9-11-16)18-14(3)17(20)19-12-6-5-7-13(19)2/h8-11,13-14,18H,4-7,12H2,1-3H3/t13-,14-/m1/s1. The van der Waals surface area contributed by atoms with E-state index in [1.54, 1.807) is 31.2 Å². The first-order chi connectivity index (χ1) is 10.8. The maximum atomic E-state index is 12.6. The number of benzene rings is 1. The lowest BCUT2D eigenvalue weighted by Gasteiger charge is -2.35. The van der Waals surface area contributed by atoms with Gasteiger partial charge in [0.2, 0.25) is 5.91 Å². The number of rotatable bonds is 5. The summed E-state index contributed by atoms with van der Waals surface area (Å²) in [6.07, 6.45) is 3.30. The third-order valence-electron chi connectivity index (χ3n) is 4.43. The zero-order valence-corrected chi connectivity index (χ0v) is 14.9. The van der Waals surface area contributed by atoms with Gasteiger partial charge in [0.05, 0.1) is 10.6 Å². The van der Waals surface area contributed by atoms with Gasteiger partial charge >= 0.3 is 0 Å². The molecule has 5 nitrogen and oxygen atoms in total. The molecule has 1 heterocycles. The van der Waals surface area contributed by atoms with Crippen molar-refractivity contribution in [2.24, 2.45) is 0 Å². The van der Waals surface area contributed by atoms with E-state index >= 15 is 0 Å². The Morgan fingerprint density at radius 1 is 1.30 bits per heavy atom. The average molecular weight is 338 g/mol. The van der Waals surface area contributed by atoms with Crippen LogP contribution in [0.3, 0.4) is 0 Å². The fourth-order valence-corrected chi connectivity index (χ4v) is 3.80. The Kier molecular flexibility index (Phi) is 5.68. The van der Waals surface area contributed by atoms with Gasteiger partial charge in [0.15, 0.2) is 9.84 Å². The summed E-state index contributed by atoms with van der Waals surface area (Å²) < 4.78 is 23.6. The molecule has 6 heteroatoms. The van der Waals surface area contributed by atoms with Gasteiger partial charge in [0.1, 0.15) is 6.04 Å². The van der Waals surface area contributed by atoms with E-state index in [1.807, 2.05) is 11.8 Å². The molecule has 23 heavy (non-hydrogen) atoms. The summed E-state index contributed by atoms with van der Waals surface area (Å²) >= 11 is 0. The first kappa shape index (κ1) is 17.8. The van der Waals surface area contributed by atoms with Gasteiger partial charge in [-0.05, 0) is 57.4 Å². The predicted octanol–water partition coefficient (Wildman–Crippen LogP) is 2.68. The van der Waals surface area contributed by atoms with Gasteiger partial charge in [-0.1, -0.05) is 6.92 Å². The van der Waals surface area contributed by atoms with Crippen LogP contribution in [0.25, 0.3) is 0 Å². The van der Waals surface area contributed by atoms with Crippen molar-refractivity contribution >= 4 is 21.4 Å². The molecule has 0 spiro atoms. The average Bonchev–Trinajstić information content (AvgIpc) is 2.55. The number of nitrogens with zero attached hydrogens (tertiary/aromatic N) is 1. The Balaban J connectivity index is 2.02. The minimum atomic E-state index is -3.19. The summed E-state index contributed by atoms with van der Waals surface area (Å²) in [4.78, 5) is 14.8. The molecular formula is C17H26N2O3S. The number of carbonyl (C=O) groups is 1. The van der Waals surface area contributed by atoms with Crippen LogP contribution >= 0.6 is 0 Å². The Morgan fingerprint density at radius 2 is 1.96 bits per heavy atom. The summed E-state index contributed by atoms with van der Waals surface area (Å²) in [5, 5.41) is 3.17. The topological polar surface area (TPSA) is 66.5 Å². The van der Waals surface area contributed by atoms with Crippen molar-refractivity contribution < 1.29 is 13.2 Å². The smallest absolute Gasteiger partial charge is 0.245 e. The third-order valence-corrected chi connectivity index (χ3v) is 6.18. The van der Waals surface area contributed by atoms with Crippen LogP contribution in [-0.4, -0.2) is 43.6 Å². The Bertz CT molecular complexity index is 640. The lowest BCUT2D eigenvalue weighted by atomic mass is 10.0. The fraction of sp³-hybridized carbons (Fsp3) is 0.588. The molecule has 0 radical (unpaired) electrons. The van der Waals surface area contributed by atoms with E-state index < -0.39 is 9.84 Å². The number of likely N-dealkylation sites (tertiary alicyclic amines) is 1. The number of piperidine rings is 1. The molecule has 1 saturated heterocycles. The molecule has 1 N–H and O–H groups in total. The molecule has 1 fully saturated rings. The van der Waals surface area contributed by atoms with Crippen molar-refractivity contribution in [2.75, 3.05) is 17.6 Å². The number of nitrogens with one attached hydrogen (secondary N) is 1. The molecule has 0 bridgehead atoms. The number of hydrogen-bond donors (Lipinski definition) is 1. The number of sulfone groups is 1. The largest absolute Gasteiger partial charge is 0.374 e. The summed E-state index contributed by atoms with van der Waals surface area (Å²) in [6.45, 7) is 6.39. The van der Waals surface area contributed by atoms with Crippen LogP contribution in [0, 0.1) is 0 Å². The number of amides is 1. The lowest BCUT2D eigenvalue weighted by molar-refractivity contribution is -0.134. The molecule has 0 aliphatic carbocycles. The van der Waals surface area contributed by atoms with Gasteiger partial charge in [-0.25, -0.2) is 8.42 Å². The van der Waals surface area contributed by atoms with E-state index in [0.29, 0.717) is 4.90 Å². The normalized spacial score (nSPS) is 20.1. The van der Waals surface area contributed by atoms with E-state index in [4.69, 9.17) is 0 Å². The highest BCUT2D eigenvalue weighted by Gasteiger charge is 2.26.